The number of ether oxygens (including phenoxy) is 1. The van der Waals surface area contributed by atoms with E-state index in [-0.39, 0.29) is 6.03 Å². The van der Waals surface area contributed by atoms with Gasteiger partial charge in [0.05, 0.1) is 24.1 Å². The number of hydrogen-bond donors (Lipinski definition) is 1. The molecule has 1 saturated heterocycles. The Kier molecular flexibility index (Phi) is 5.51. The highest BCUT2D eigenvalue weighted by Gasteiger charge is 2.43. The molecule has 2 heterocycles. The van der Waals surface area contributed by atoms with Crippen LogP contribution in [-0.2, 0) is 11.0 Å². The number of alkyl halides is 3. The molecular formula is C22H22F3N3O3. The largest absolute Gasteiger partial charge is 0.495 e. The van der Waals surface area contributed by atoms with Crippen molar-refractivity contribution in [3.63, 3.8) is 0 Å². The maximum Gasteiger partial charge on any atom is 0.416 e. The molecule has 0 atom stereocenters. The Morgan fingerprint density at radius 3 is 2.45 bits per heavy atom. The van der Waals surface area contributed by atoms with E-state index in [9.17, 15) is 18.0 Å². The molecule has 9 heteroatoms. The van der Waals surface area contributed by atoms with Gasteiger partial charge in [-0.1, -0.05) is 29.4 Å². The van der Waals surface area contributed by atoms with E-state index in [0.717, 1.165) is 12.1 Å². The predicted molar refractivity (Wildman–Crippen MR) is 109 cm³/mol. The zero-order chi connectivity index (χ0) is 22.1. The summed E-state index contributed by atoms with van der Waals surface area (Å²) in [6, 6.07) is 11.9. The van der Waals surface area contributed by atoms with E-state index >= 15 is 0 Å². The summed E-state index contributed by atoms with van der Waals surface area (Å²) in [5.41, 5.74) is 0.612. The first-order chi connectivity index (χ1) is 14.8. The van der Waals surface area contributed by atoms with Crippen LogP contribution in [0.3, 0.4) is 0 Å². The normalized spacial score (nSPS) is 17.8. The molecule has 0 aromatic heterocycles. The number of carbonyl (C=O) groups excluding carboxylic acids is 1. The summed E-state index contributed by atoms with van der Waals surface area (Å²) in [5, 5.41) is 7.00. The molecule has 2 aliphatic heterocycles. The Morgan fingerprint density at radius 1 is 1.13 bits per heavy atom. The number of likely N-dealkylation sites (tertiary alicyclic amines) is 1. The first-order valence-electron chi connectivity index (χ1n) is 9.91. The van der Waals surface area contributed by atoms with Crippen LogP contribution in [0.15, 0.2) is 53.7 Å². The van der Waals surface area contributed by atoms with Gasteiger partial charge < -0.3 is 19.8 Å². The van der Waals surface area contributed by atoms with Crippen LogP contribution in [0.2, 0.25) is 0 Å². The molecule has 0 radical (unpaired) electrons. The number of methoxy groups -OCH3 is 1. The number of carbonyl (C=O) groups is 1. The SMILES string of the molecule is COc1ccccc1NC(=O)N1CCC2(CC1)CC(c1ccc(C(F)(F)F)cc1)=NO2. The summed E-state index contributed by atoms with van der Waals surface area (Å²) >= 11 is 0. The number of urea groups is 1. The Labute approximate surface area is 177 Å². The van der Waals surface area contributed by atoms with Crippen LogP contribution in [0.25, 0.3) is 0 Å². The molecule has 2 aromatic rings. The molecule has 1 N–H and O–H groups in total. The molecule has 31 heavy (non-hydrogen) atoms. The number of piperidine rings is 1. The van der Waals surface area contributed by atoms with E-state index in [1.165, 1.54) is 12.1 Å². The van der Waals surface area contributed by atoms with Crippen molar-refractivity contribution in [2.75, 3.05) is 25.5 Å². The molecule has 2 aliphatic rings. The van der Waals surface area contributed by atoms with Crippen molar-refractivity contribution in [2.24, 2.45) is 5.16 Å². The van der Waals surface area contributed by atoms with Gasteiger partial charge >= 0.3 is 12.2 Å². The zero-order valence-electron chi connectivity index (χ0n) is 16.9. The van der Waals surface area contributed by atoms with Gasteiger partial charge in [-0.25, -0.2) is 4.79 Å². The van der Waals surface area contributed by atoms with Gasteiger partial charge in [0.2, 0.25) is 0 Å². The van der Waals surface area contributed by atoms with Gasteiger partial charge in [-0.15, -0.1) is 0 Å². The van der Waals surface area contributed by atoms with E-state index in [1.807, 2.05) is 12.1 Å². The van der Waals surface area contributed by atoms with Gasteiger partial charge in [0, 0.05) is 32.4 Å². The van der Waals surface area contributed by atoms with E-state index in [1.54, 1.807) is 24.1 Å². The molecule has 4 rings (SSSR count). The minimum absolute atomic E-state index is 0.221. The summed E-state index contributed by atoms with van der Waals surface area (Å²) in [6.45, 7) is 0.966. The first kappa shape index (κ1) is 21.0. The number of amides is 2. The van der Waals surface area contributed by atoms with Crippen molar-refractivity contribution >= 4 is 17.4 Å². The number of nitrogens with zero attached hydrogens (tertiary/aromatic N) is 2. The summed E-state index contributed by atoms with van der Waals surface area (Å²) in [6.07, 6.45) is -2.70. The highest BCUT2D eigenvalue weighted by Crippen LogP contribution is 2.37. The van der Waals surface area contributed by atoms with Gasteiger partial charge in [-0.2, -0.15) is 13.2 Å². The molecule has 0 aliphatic carbocycles. The lowest BCUT2D eigenvalue weighted by Crippen LogP contribution is -2.48. The van der Waals surface area contributed by atoms with E-state index < -0.39 is 17.3 Å². The smallest absolute Gasteiger partial charge is 0.416 e. The maximum absolute atomic E-state index is 12.8. The fourth-order valence-electron chi connectivity index (χ4n) is 3.86. The molecule has 2 amide bonds. The van der Waals surface area contributed by atoms with Crippen LogP contribution < -0.4 is 10.1 Å². The third-order valence-corrected chi connectivity index (χ3v) is 5.70. The van der Waals surface area contributed by atoms with Crippen LogP contribution in [-0.4, -0.2) is 42.4 Å². The second-order valence-electron chi connectivity index (χ2n) is 7.68. The van der Waals surface area contributed by atoms with Gasteiger partial charge in [0.25, 0.3) is 0 Å². The Morgan fingerprint density at radius 2 is 1.81 bits per heavy atom. The third kappa shape index (κ3) is 4.45. The van der Waals surface area contributed by atoms with Crippen LogP contribution in [0.1, 0.15) is 30.4 Å². The molecule has 0 bridgehead atoms. The van der Waals surface area contributed by atoms with Crippen LogP contribution in [0, 0.1) is 0 Å². The molecule has 0 saturated carbocycles. The fourth-order valence-corrected chi connectivity index (χ4v) is 3.86. The first-order valence-corrected chi connectivity index (χ1v) is 9.91. The molecular weight excluding hydrogens is 411 g/mol. The Bertz CT molecular complexity index is 981. The van der Waals surface area contributed by atoms with Crippen molar-refractivity contribution in [3.05, 3.63) is 59.7 Å². The lowest BCUT2D eigenvalue weighted by Gasteiger charge is -2.37. The average molecular weight is 433 g/mol. The summed E-state index contributed by atoms with van der Waals surface area (Å²) in [5.74, 6) is 0.582. The molecule has 6 nitrogen and oxygen atoms in total. The number of oxime groups is 1. The van der Waals surface area contributed by atoms with Crippen molar-refractivity contribution in [1.82, 2.24) is 4.90 Å². The summed E-state index contributed by atoms with van der Waals surface area (Å²) in [4.78, 5) is 20.1. The standard InChI is InChI=1S/C22H22F3N3O3/c1-30-19-5-3-2-4-17(19)26-20(29)28-12-10-21(11-13-28)14-18(27-31-21)15-6-8-16(9-7-15)22(23,24)25/h2-9H,10-14H2,1H3,(H,26,29). The lowest BCUT2D eigenvalue weighted by molar-refractivity contribution is -0.137. The number of hydrogen-bond acceptors (Lipinski definition) is 4. The Balaban J connectivity index is 1.34. The number of rotatable bonds is 3. The molecule has 1 fully saturated rings. The minimum Gasteiger partial charge on any atom is -0.495 e. The van der Waals surface area contributed by atoms with Gasteiger partial charge in [0.1, 0.15) is 11.4 Å². The van der Waals surface area contributed by atoms with Gasteiger partial charge in [0.15, 0.2) is 0 Å². The summed E-state index contributed by atoms with van der Waals surface area (Å²) in [7, 11) is 1.54. The average Bonchev–Trinajstić information content (AvgIpc) is 3.17. The van der Waals surface area contributed by atoms with Crippen molar-refractivity contribution < 1.29 is 27.5 Å². The van der Waals surface area contributed by atoms with Crippen LogP contribution in [0.5, 0.6) is 5.75 Å². The number of para-hydroxylation sites is 2. The maximum atomic E-state index is 12.8. The second-order valence-corrected chi connectivity index (χ2v) is 7.68. The minimum atomic E-state index is -4.37. The van der Waals surface area contributed by atoms with E-state index in [4.69, 9.17) is 9.57 Å². The molecule has 2 aromatic carbocycles. The van der Waals surface area contributed by atoms with Crippen LogP contribution >= 0.6 is 0 Å². The fraction of sp³-hybridized carbons (Fsp3) is 0.364. The van der Waals surface area contributed by atoms with E-state index in [2.05, 4.69) is 10.5 Å². The second kappa shape index (κ2) is 8.13. The number of halogens is 3. The van der Waals surface area contributed by atoms with Crippen molar-refractivity contribution in [1.29, 1.82) is 0 Å². The highest BCUT2D eigenvalue weighted by molar-refractivity contribution is 6.01. The van der Waals surface area contributed by atoms with Crippen molar-refractivity contribution in [2.45, 2.75) is 31.0 Å². The number of benzene rings is 2. The van der Waals surface area contributed by atoms with Gasteiger partial charge in [-0.3, -0.25) is 0 Å². The zero-order valence-corrected chi connectivity index (χ0v) is 16.9. The third-order valence-electron chi connectivity index (χ3n) is 5.70. The number of anilines is 1. The lowest BCUT2D eigenvalue weighted by atomic mass is 9.85. The van der Waals surface area contributed by atoms with Gasteiger partial charge in [-0.05, 0) is 29.8 Å². The summed E-state index contributed by atoms with van der Waals surface area (Å²) < 4.78 is 43.6. The monoisotopic (exact) mass is 433 g/mol. The topological polar surface area (TPSA) is 63.2 Å². The van der Waals surface area contributed by atoms with Crippen LogP contribution in [0.4, 0.5) is 23.7 Å². The highest BCUT2D eigenvalue weighted by atomic mass is 19.4. The Hall–Kier alpha value is -3.23. The number of nitrogens with one attached hydrogen (secondary N) is 1. The predicted octanol–water partition coefficient (Wildman–Crippen LogP) is 4.91. The molecule has 164 valence electrons. The van der Waals surface area contributed by atoms with Crippen molar-refractivity contribution in [3.8, 4) is 5.75 Å². The van der Waals surface area contributed by atoms with E-state index in [0.29, 0.717) is 55.1 Å². The molecule has 1 spiro atoms. The molecule has 0 unspecified atom stereocenters. The quantitative estimate of drug-likeness (QED) is 0.749.